The van der Waals surface area contributed by atoms with Crippen molar-refractivity contribution in [1.29, 1.82) is 0 Å². The predicted octanol–water partition coefficient (Wildman–Crippen LogP) is 3.44. The van der Waals surface area contributed by atoms with E-state index in [1.54, 1.807) is 0 Å². The van der Waals surface area contributed by atoms with E-state index >= 15 is 0 Å². The summed E-state index contributed by atoms with van der Waals surface area (Å²) in [5.74, 6) is 0. The molecule has 2 heteroatoms. The number of hydrogen-bond acceptors (Lipinski definition) is 2. The molecule has 1 N–H and O–H groups in total. The first kappa shape index (κ1) is 14.5. The van der Waals surface area contributed by atoms with Gasteiger partial charge in [0.05, 0.1) is 0 Å². The first-order valence-electron chi connectivity index (χ1n) is 7.69. The predicted molar refractivity (Wildman–Crippen MR) is 82.6 cm³/mol. The topological polar surface area (TPSA) is 15.3 Å². The Bertz CT molecular complexity index is 374. The number of piperidine rings is 1. The average Bonchev–Trinajstić information content (AvgIpc) is 2.38. The van der Waals surface area contributed by atoms with Crippen LogP contribution in [0.4, 0.5) is 0 Å². The van der Waals surface area contributed by atoms with Crippen LogP contribution in [0.1, 0.15) is 48.9 Å². The van der Waals surface area contributed by atoms with Crippen LogP contribution in [0, 0.1) is 13.8 Å². The van der Waals surface area contributed by atoms with Crippen molar-refractivity contribution in [1.82, 2.24) is 10.2 Å². The van der Waals surface area contributed by atoms with Crippen LogP contribution in [-0.2, 0) is 0 Å². The van der Waals surface area contributed by atoms with Crippen LogP contribution >= 0.6 is 0 Å². The molecule has 19 heavy (non-hydrogen) atoms. The molecule has 0 bridgehead atoms. The Hall–Kier alpha value is -0.860. The molecule has 2 rings (SSSR count). The minimum absolute atomic E-state index is 0.448. The molecule has 1 saturated heterocycles. The van der Waals surface area contributed by atoms with Crippen molar-refractivity contribution in [2.24, 2.45) is 0 Å². The number of nitrogens with zero attached hydrogens (tertiary/aromatic N) is 1. The number of nitrogens with one attached hydrogen (secondary N) is 1. The van der Waals surface area contributed by atoms with Gasteiger partial charge in [-0.05, 0) is 52.3 Å². The molecule has 1 aromatic rings. The van der Waals surface area contributed by atoms with Gasteiger partial charge in [0.15, 0.2) is 0 Å². The number of rotatable bonds is 5. The lowest BCUT2D eigenvalue weighted by molar-refractivity contribution is 0.227. The van der Waals surface area contributed by atoms with Crippen molar-refractivity contribution in [3.05, 3.63) is 34.9 Å². The maximum Gasteiger partial charge on any atom is 0.0292 e. The largest absolute Gasteiger partial charge is 0.309 e. The molecule has 0 spiro atoms. The molecule has 1 aliphatic heterocycles. The fourth-order valence-electron chi connectivity index (χ4n) is 3.00. The summed E-state index contributed by atoms with van der Waals surface area (Å²) in [5, 5.41) is 3.66. The van der Waals surface area contributed by atoms with Crippen molar-refractivity contribution in [3.63, 3.8) is 0 Å². The third-order valence-electron chi connectivity index (χ3n) is 4.07. The summed E-state index contributed by atoms with van der Waals surface area (Å²) in [6.45, 7) is 11.5. The van der Waals surface area contributed by atoms with Gasteiger partial charge in [0.2, 0.25) is 0 Å². The molecule has 2 nitrogen and oxygen atoms in total. The zero-order valence-electron chi connectivity index (χ0n) is 12.7. The molecule has 1 heterocycles. The summed E-state index contributed by atoms with van der Waals surface area (Å²) in [7, 11) is 0. The summed E-state index contributed by atoms with van der Waals surface area (Å²) >= 11 is 0. The highest BCUT2D eigenvalue weighted by atomic mass is 15.1. The van der Waals surface area contributed by atoms with Crippen LogP contribution in [0.15, 0.2) is 18.2 Å². The molecule has 1 unspecified atom stereocenters. The highest BCUT2D eigenvalue weighted by molar-refractivity contribution is 5.30. The number of likely N-dealkylation sites (tertiary alicyclic amines) is 1. The van der Waals surface area contributed by atoms with Crippen molar-refractivity contribution < 1.29 is 0 Å². The van der Waals surface area contributed by atoms with Gasteiger partial charge in [0.1, 0.15) is 0 Å². The minimum Gasteiger partial charge on any atom is -0.309 e. The summed E-state index contributed by atoms with van der Waals surface area (Å²) < 4.78 is 0. The quantitative estimate of drug-likeness (QED) is 0.872. The van der Waals surface area contributed by atoms with E-state index in [9.17, 15) is 0 Å². The maximum absolute atomic E-state index is 3.66. The van der Waals surface area contributed by atoms with Gasteiger partial charge >= 0.3 is 0 Å². The zero-order chi connectivity index (χ0) is 13.7. The molecule has 0 radical (unpaired) electrons. The Morgan fingerprint density at radius 2 is 1.68 bits per heavy atom. The number of aryl methyl sites for hydroxylation is 2. The molecule has 1 atom stereocenters. The maximum atomic E-state index is 3.66. The summed E-state index contributed by atoms with van der Waals surface area (Å²) in [6, 6.07) is 7.28. The van der Waals surface area contributed by atoms with E-state index in [2.05, 4.69) is 49.2 Å². The van der Waals surface area contributed by atoms with Gasteiger partial charge in [0, 0.05) is 19.1 Å². The Labute approximate surface area is 118 Å². The van der Waals surface area contributed by atoms with Crippen molar-refractivity contribution in [2.45, 2.75) is 46.1 Å². The van der Waals surface area contributed by atoms with E-state index < -0.39 is 0 Å². The lowest BCUT2D eigenvalue weighted by atomic mass is 10.0. The third kappa shape index (κ3) is 4.63. The van der Waals surface area contributed by atoms with Gasteiger partial charge in [-0.1, -0.05) is 35.7 Å². The van der Waals surface area contributed by atoms with Crippen LogP contribution < -0.4 is 5.32 Å². The summed E-state index contributed by atoms with van der Waals surface area (Å²) in [5.41, 5.74) is 4.13. The van der Waals surface area contributed by atoms with E-state index in [4.69, 9.17) is 0 Å². The molecule has 0 aliphatic carbocycles. The third-order valence-corrected chi connectivity index (χ3v) is 4.07. The molecule has 0 saturated carbocycles. The van der Waals surface area contributed by atoms with Crippen molar-refractivity contribution in [2.75, 3.05) is 26.2 Å². The van der Waals surface area contributed by atoms with Crippen LogP contribution in [0.3, 0.4) is 0 Å². The molecule has 0 aromatic heterocycles. The highest BCUT2D eigenvalue weighted by Gasteiger charge is 2.10. The Morgan fingerprint density at radius 3 is 2.32 bits per heavy atom. The van der Waals surface area contributed by atoms with E-state index in [1.807, 2.05) is 0 Å². The van der Waals surface area contributed by atoms with Crippen molar-refractivity contribution >= 4 is 0 Å². The average molecular weight is 260 g/mol. The van der Waals surface area contributed by atoms with E-state index in [-0.39, 0.29) is 0 Å². The standard InChI is InChI=1S/C17H28N2/c1-14-11-15(2)13-17(12-14)16(3)18-7-10-19-8-5-4-6-9-19/h11-13,16,18H,4-10H2,1-3H3. The normalized spacial score (nSPS) is 18.5. The second kappa shape index (κ2) is 7.06. The first-order valence-corrected chi connectivity index (χ1v) is 7.69. The number of benzene rings is 1. The highest BCUT2D eigenvalue weighted by Crippen LogP contribution is 2.16. The fraction of sp³-hybridized carbons (Fsp3) is 0.647. The summed E-state index contributed by atoms with van der Waals surface area (Å²) in [6.07, 6.45) is 4.18. The van der Waals surface area contributed by atoms with Gasteiger partial charge in [-0.2, -0.15) is 0 Å². The van der Waals surface area contributed by atoms with Gasteiger partial charge in [-0.25, -0.2) is 0 Å². The Kier molecular flexibility index (Phi) is 5.41. The van der Waals surface area contributed by atoms with Gasteiger partial charge in [0.25, 0.3) is 0 Å². The van der Waals surface area contributed by atoms with Crippen LogP contribution in [0.5, 0.6) is 0 Å². The lowest BCUT2D eigenvalue weighted by Gasteiger charge is -2.27. The lowest BCUT2D eigenvalue weighted by Crippen LogP contribution is -2.36. The molecule has 0 amide bonds. The smallest absolute Gasteiger partial charge is 0.0292 e. The van der Waals surface area contributed by atoms with E-state index in [0.29, 0.717) is 6.04 Å². The first-order chi connectivity index (χ1) is 9.15. The zero-order valence-corrected chi connectivity index (χ0v) is 12.7. The second-order valence-electron chi connectivity index (χ2n) is 6.00. The summed E-state index contributed by atoms with van der Waals surface area (Å²) in [4.78, 5) is 2.59. The van der Waals surface area contributed by atoms with Gasteiger partial charge in [-0.3, -0.25) is 0 Å². The molecule has 106 valence electrons. The molecule has 1 fully saturated rings. The fourth-order valence-corrected chi connectivity index (χ4v) is 3.00. The molecule has 1 aromatic carbocycles. The molecular weight excluding hydrogens is 232 g/mol. The van der Waals surface area contributed by atoms with Gasteiger partial charge in [-0.15, -0.1) is 0 Å². The van der Waals surface area contributed by atoms with Crippen LogP contribution in [0.2, 0.25) is 0 Å². The minimum atomic E-state index is 0.448. The van der Waals surface area contributed by atoms with E-state index in [1.165, 1.54) is 55.6 Å². The van der Waals surface area contributed by atoms with E-state index in [0.717, 1.165) is 6.54 Å². The van der Waals surface area contributed by atoms with Crippen LogP contribution in [0.25, 0.3) is 0 Å². The Balaban J connectivity index is 1.78. The van der Waals surface area contributed by atoms with Crippen molar-refractivity contribution in [3.8, 4) is 0 Å². The molecule has 1 aliphatic rings. The second-order valence-corrected chi connectivity index (χ2v) is 6.00. The monoisotopic (exact) mass is 260 g/mol. The number of hydrogen-bond donors (Lipinski definition) is 1. The Morgan fingerprint density at radius 1 is 1.05 bits per heavy atom. The van der Waals surface area contributed by atoms with Gasteiger partial charge < -0.3 is 10.2 Å². The SMILES string of the molecule is Cc1cc(C)cc(C(C)NCCN2CCCCC2)c1. The van der Waals surface area contributed by atoms with Crippen LogP contribution in [-0.4, -0.2) is 31.1 Å². The molecular formula is C17H28N2.